The molecule has 0 aliphatic heterocycles. The van der Waals surface area contributed by atoms with Crippen LogP contribution in [-0.4, -0.2) is 46.9 Å². The normalized spacial score (nSPS) is 10.9. The van der Waals surface area contributed by atoms with Crippen LogP contribution in [0.25, 0.3) is 17.1 Å². The molecule has 1 N–H and O–H groups in total. The summed E-state index contributed by atoms with van der Waals surface area (Å²) in [5, 5.41) is 14.0. The minimum absolute atomic E-state index is 0.0999. The molecule has 10 heteroatoms. The zero-order valence-electron chi connectivity index (χ0n) is 19.0. The van der Waals surface area contributed by atoms with Gasteiger partial charge in [0.05, 0.1) is 26.2 Å². The number of benzene rings is 3. The van der Waals surface area contributed by atoms with Gasteiger partial charge in [0.1, 0.15) is 11.5 Å². The number of amides is 1. The summed E-state index contributed by atoms with van der Waals surface area (Å²) in [7, 11) is 3.14. The number of hydrazone groups is 1. The van der Waals surface area contributed by atoms with Gasteiger partial charge in [0.2, 0.25) is 0 Å². The van der Waals surface area contributed by atoms with E-state index in [0.717, 1.165) is 11.3 Å². The predicted octanol–water partition coefficient (Wildman–Crippen LogP) is 4.85. The maximum atomic E-state index is 12.5. The lowest BCUT2D eigenvalue weighted by Gasteiger charge is -2.10. The number of methoxy groups -OCH3 is 2. The molecule has 0 aliphatic carbocycles. The van der Waals surface area contributed by atoms with Crippen LogP contribution in [-0.2, 0) is 4.79 Å². The van der Waals surface area contributed by atoms with Crippen molar-refractivity contribution in [1.82, 2.24) is 20.2 Å². The SMILES string of the molecule is COc1ccc(C=NNC(=O)CSc2nnc(-c3ccc(Cl)cc3)n2-c2ccccc2)c(OC)c1. The van der Waals surface area contributed by atoms with Crippen molar-refractivity contribution in [2.24, 2.45) is 5.10 Å². The molecule has 0 bridgehead atoms. The molecular weight excluding hydrogens is 486 g/mol. The molecule has 178 valence electrons. The summed E-state index contributed by atoms with van der Waals surface area (Å²) in [5.74, 6) is 1.72. The number of aromatic nitrogens is 3. The van der Waals surface area contributed by atoms with Gasteiger partial charge in [0.15, 0.2) is 11.0 Å². The smallest absolute Gasteiger partial charge is 0.250 e. The van der Waals surface area contributed by atoms with Gasteiger partial charge in [-0.15, -0.1) is 10.2 Å². The summed E-state index contributed by atoms with van der Waals surface area (Å²) in [6.45, 7) is 0. The number of hydrogen-bond acceptors (Lipinski definition) is 7. The fourth-order valence-corrected chi connectivity index (χ4v) is 4.09. The van der Waals surface area contributed by atoms with E-state index in [9.17, 15) is 4.79 Å². The van der Waals surface area contributed by atoms with Crippen molar-refractivity contribution in [3.8, 4) is 28.6 Å². The summed E-state index contributed by atoms with van der Waals surface area (Å²) >= 11 is 7.31. The van der Waals surface area contributed by atoms with E-state index in [4.69, 9.17) is 21.1 Å². The molecule has 0 atom stereocenters. The van der Waals surface area contributed by atoms with E-state index in [1.165, 1.54) is 18.0 Å². The van der Waals surface area contributed by atoms with Gasteiger partial charge in [-0.05, 0) is 48.5 Å². The minimum atomic E-state index is -0.283. The summed E-state index contributed by atoms with van der Waals surface area (Å²) in [5.41, 5.74) is 4.99. The van der Waals surface area contributed by atoms with Crippen molar-refractivity contribution < 1.29 is 14.3 Å². The standard InChI is InChI=1S/C25H22ClN5O3S/c1-33-21-13-10-18(22(14-21)34-2)15-27-28-23(32)16-35-25-30-29-24(17-8-11-19(26)12-9-17)31(25)20-6-4-3-5-7-20/h3-15H,16H2,1-2H3,(H,28,32). The van der Waals surface area contributed by atoms with Gasteiger partial charge in [-0.3, -0.25) is 9.36 Å². The summed E-state index contributed by atoms with van der Waals surface area (Å²) in [4.78, 5) is 12.5. The van der Waals surface area contributed by atoms with Crippen LogP contribution >= 0.6 is 23.4 Å². The molecule has 35 heavy (non-hydrogen) atoms. The van der Waals surface area contributed by atoms with Gasteiger partial charge in [0.25, 0.3) is 5.91 Å². The summed E-state index contributed by atoms with van der Waals surface area (Å²) in [6.07, 6.45) is 1.52. The van der Waals surface area contributed by atoms with Crippen LogP contribution in [0.3, 0.4) is 0 Å². The molecule has 1 amide bonds. The third kappa shape index (κ3) is 6.00. The van der Waals surface area contributed by atoms with E-state index in [-0.39, 0.29) is 11.7 Å². The molecule has 8 nitrogen and oxygen atoms in total. The van der Waals surface area contributed by atoms with Gasteiger partial charge < -0.3 is 9.47 Å². The Bertz CT molecular complexity index is 1330. The quantitative estimate of drug-likeness (QED) is 0.198. The molecule has 0 aliphatic rings. The first kappa shape index (κ1) is 24.3. The number of rotatable bonds is 9. The van der Waals surface area contributed by atoms with Crippen LogP contribution < -0.4 is 14.9 Å². The van der Waals surface area contributed by atoms with Crippen LogP contribution in [0.15, 0.2) is 83.1 Å². The number of ether oxygens (including phenoxy) is 2. The highest BCUT2D eigenvalue weighted by molar-refractivity contribution is 7.99. The molecule has 4 aromatic rings. The fourth-order valence-electron chi connectivity index (χ4n) is 3.22. The number of para-hydroxylation sites is 1. The number of nitrogens with one attached hydrogen (secondary N) is 1. The maximum Gasteiger partial charge on any atom is 0.250 e. The highest BCUT2D eigenvalue weighted by Crippen LogP contribution is 2.28. The number of nitrogens with zero attached hydrogens (tertiary/aromatic N) is 4. The zero-order valence-corrected chi connectivity index (χ0v) is 20.6. The molecule has 0 saturated carbocycles. The second kappa shape index (κ2) is 11.5. The first-order valence-corrected chi connectivity index (χ1v) is 11.9. The Morgan fingerprint density at radius 1 is 1.06 bits per heavy atom. The van der Waals surface area contributed by atoms with Crippen molar-refractivity contribution >= 4 is 35.5 Å². The number of halogens is 1. The van der Waals surface area contributed by atoms with Crippen LogP contribution in [0.1, 0.15) is 5.56 Å². The molecular formula is C25H22ClN5O3S. The first-order valence-electron chi connectivity index (χ1n) is 10.5. The Hall–Kier alpha value is -3.82. The third-order valence-corrected chi connectivity index (χ3v) is 6.10. The van der Waals surface area contributed by atoms with Crippen molar-refractivity contribution in [3.05, 3.63) is 83.4 Å². The van der Waals surface area contributed by atoms with E-state index >= 15 is 0 Å². The first-order chi connectivity index (χ1) is 17.1. The van der Waals surface area contributed by atoms with Gasteiger partial charge in [-0.2, -0.15) is 5.10 Å². The molecule has 1 aromatic heterocycles. The Balaban J connectivity index is 1.47. The Labute approximate surface area is 211 Å². The maximum absolute atomic E-state index is 12.5. The van der Waals surface area contributed by atoms with Gasteiger partial charge >= 0.3 is 0 Å². The fraction of sp³-hybridized carbons (Fsp3) is 0.120. The topological polar surface area (TPSA) is 90.6 Å². The van der Waals surface area contributed by atoms with E-state index in [0.29, 0.717) is 33.1 Å². The lowest BCUT2D eigenvalue weighted by Crippen LogP contribution is -2.20. The van der Waals surface area contributed by atoms with E-state index < -0.39 is 0 Å². The van der Waals surface area contributed by atoms with Crippen LogP contribution in [0, 0.1) is 0 Å². The number of carbonyl (C=O) groups is 1. The molecule has 0 radical (unpaired) electrons. The number of carbonyl (C=O) groups excluding carboxylic acids is 1. The molecule has 3 aromatic carbocycles. The van der Waals surface area contributed by atoms with Crippen molar-refractivity contribution in [1.29, 1.82) is 0 Å². The van der Waals surface area contributed by atoms with Crippen LogP contribution in [0.5, 0.6) is 11.5 Å². The number of hydrogen-bond donors (Lipinski definition) is 1. The molecule has 4 rings (SSSR count). The van der Waals surface area contributed by atoms with Gasteiger partial charge in [-0.25, -0.2) is 5.43 Å². The lowest BCUT2D eigenvalue weighted by molar-refractivity contribution is -0.118. The van der Waals surface area contributed by atoms with E-state index in [2.05, 4.69) is 20.7 Å². The van der Waals surface area contributed by atoms with Crippen molar-refractivity contribution in [3.63, 3.8) is 0 Å². The van der Waals surface area contributed by atoms with Gasteiger partial charge in [-0.1, -0.05) is 41.6 Å². The Morgan fingerprint density at radius 2 is 1.83 bits per heavy atom. The molecule has 0 saturated heterocycles. The van der Waals surface area contributed by atoms with Crippen LogP contribution in [0.2, 0.25) is 5.02 Å². The average Bonchev–Trinajstić information content (AvgIpc) is 3.32. The molecule has 1 heterocycles. The summed E-state index contributed by atoms with van der Waals surface area (Å²) in [6, 6.07) is 22.4. The summed E-state index contributed by atoms with van der Waals surface area (Å²) < 4.78 is 12.4. The minimum Gasteiger partial charge on any atom is -0.497 e. The monoisotopic (exact) mass is 507 g/mol. The van der Waals surface area contributed by atoms with Gasteiger partial charge in [0, 0.05) is 27.9 Å². The van der Waals surface area contributed by atoms with Crippen LogP contribution in [0.4, 0.5) is 0 Å². The Morgan fingerprint density at radius 3 is 2.54 bits per heavy atom. The largest absolute Gasteiger partial charge is 0.497 e. The highest BCUT2D eigenvalue weighted by Gasteiger charge is 2.17. The number of thioether (sulfide) groups is 1. The lowest BCUT2D eigenvalue weighted by atomic mass is 10.2. The highest BCUT2D eigenvalue weighted by atomic mass is 35.5. The van der Waals surface area contributed by atoms with Crippen molar-refractivity contribution in [2.45, 2.75) is 5.16 Å². The predicted molar refractivity (Wildman–Crippen MR) is 138 cm³/mol. The zero-order chi connectivity index (χ0) is 24.6. The molecule has 0 spiro atoms. The average molecular weight is 508 g/mol. The second-order valence-electron chi connectivity index (χ2n) is 7.17. The van der Waals surface area contributed by atoms with E-state index in [1.54, 1.807) is 44.6 Å². The second-order valence-corrected chi connectivity index (χ2v) is 8.55. The Kier molecular flexibility index (Phi) is 8.02. The van der Waals surface area contributed by atoms with Crippen molar-refractivity contribution in [2.75, 3.05) is 20.0 Å². The van der Waals surface area contributed by atoms with E-state index in [1.807, 2.05) is 47.0 Å². The molecule has 0 unspecified atom stereocenters. The molecule has 0 fully saturated rings. The third-order valence-electron chi connectivity index (χ3n) is 4.92.